The summed E-state index contributed by atoms with van der Waals surface area (Å²) in [7, 11) is 0. The van der Waals surface area contributed by atoms with Gasteiger partial charge in [0.25, 0.3) is 0 Å². The molecule has 4 atom stereocenters. The predicted octanol–water partition coefficient (Wildman–Crippen LogP) is 14.9. The van der Waals surface area contributed by atoms with Crippen LogP contribution >= 0.6 is 0 Å². The molecule has 0 rings (SSSR count). The molecule has 0 heterocycles. The monoisotopic (exact) mass is 1090 g/mol. The van der Waals surface area contributed by atoms with Crippen molar-refractivity contribution in [1.29, 1.82) is 0 Å². The molecule has 0 aliphatic carbocycles. The van der Waals surface area contributed by atoms with Gasteiger partial charge in [0.15, 0.2) is 0 Å². The third kappa shape index (κ3) is 54.9. The SMILES string of the molecule is CCCCCCCCCCCC(=O)O[C@H](CCCCCCC)CCNC(=O)[C@@H](N)CO.CCCCCCCCCCCCCC(=O)N[C@@H](CO)C(=O)NCC[C@@H](CCCCCCC)OC(=O)CCCCCCCCCCC. The number of amides is 3. The molecule has 0 radical (unpaired) electrons. The highest BCUT2D eigenvalue weighted by atomic mass is 16.5. The number of unbranched alkanes of at least 4 members (excludes halogenated alkanes) is 34. The van der Waals surface area contributed by atoms with Crippen molar-refractivity contribution in [2.75, 3.05) is 26.3 Å². The Bertz CT molecular complexity index is 1320. The van der Waals surface area contributed by atoms with Crippen LogP contribution in [0.4, 0.5) is 0 Å². The minimum Gasteiger partial charge on any atom is -0.462 e. The van der Waals surface area contributed by atoms with Crippen LogP contribution in [-0.2, 0) is 33.4 Å². The Balaban J connectivity index is 0. The number of hydrogen-bond acceptors (Lipinski definition) is 10. The number of aliphatic hydroxyl groups is 2. The van der Waals surface area contributed by atoms with Gasteiger partial charge in [-0.1, -0.05) is 253 Å². The van der Waals surface area contributed by atoms with Gasteiger partial charge in [0, 0.05) is 45.2 Å². The normalized spacial score (nSPS) is 12.7. The van der Waals surface area contributed by atoms with Gasteiger partial charge < -0.3 is 41.4 Å². The van der Waals surface area contributed by atoms with Crippen LogP contribution < -0.4 is 21.7 Å². The zero-order valence-electron chi connectivity index (χ0n) is 51.0. The third-order valence-electron chi connectivity index (χ3n) is 14.7. The zero-order valence-corrected chi connectivity index (χ0v) is 51.0. The lowest BCUT2D eigenvalue weighted by Gasteiger charge is -2.20. The Morgan fingerprint density at radius 1 is 0.364 bits per heavy atom. The van der Waals surface area contributed by atoms with Gasteiger partial charge in [-0.05, 0) is 44.9 Å². The van der Waals surface area contributed by atoms with E-state index >= 15 is 0 Å². The number of nitrogens with two attached hydrogens (primary N) is 1. The van der Waals surface area contributed by atoms with Crippen LogP contribution in [0, 0.1) is 0 Å². The number of carbonyl (C=O) groups excluding carboxylic acids is 5. The summed E-state index contributed by atoms with van der Waals surface area (Å²) < 4.78 is 11.6. The second-order valence-electron chi connectivity index (χ2n) is 22.3. The highest BCUT2D eigenvalue weighted by Crippen LogP contribution is 2.18. The molecule has 0 aliphatic heterocycles. The first kappa shape index (κ1) is 76.3. The molecule has 77 heavy (non-hydrogen) atoms. The van der Waals surface area contributed by atoms with Crippen molar-refractivity contribution in [2.45, 2.75) is 354 Å². The highest BCUT2D eigenvalue weighted by Gasteiger charge is 2.21. The van der Waals surface area contributed by atoms with E-state index in [2.05, 4.69) is 50.6 Å². The van der Waals surface area contributed by atoms with Gasteiger partial charge in [-0.25, -0.2) is 0 Å². The number of ether oxygens (including phenoxy) is 2. The molecule has 13 heteroatoms. The molecule has 0 spiro atoms. The molecular weight excluding hydrogens is 969 g/mol. The molecule has 3 amide bonds. The van der Waals surface area contributed by atoms with Crippen molar-refractivity contribution in [3.63, 3.8) is 0 Å². The summed E-state index contributed by atoms with van der Waals surface area (Å²) in [5.41, 5.74) is 5.51. The van der Waals surface area contributed by atoms with Gasteiger partial charge in [-0.15, -0.1) is 0 Å². The number of nitrogens with one attached hydrogen (secondary N) is 3. The quantitative estimate of drug-likeness (QED) is 0.0251. The van der Waals surface area contributed by atoms with Crippen LogP contribution in [0.2, 0.25) is 0 Å². The van der Waals surface area contributed by atoms with E-state index in [1.165, 1.54) is 180 Å². The number of aliphatic hydroxyl groups excluding tert-OH is 2. The Morgan fingerprint density at radius 3 is 0.961 bits per heavy atom. The van der Waals surface area contributed by atoms with Crippen molar-refractivity contribution in [3.8, 4) is 0 Å². The summed E-state index contributed by atoms with van der Waals surface area (Å²) in [6.07, 6.45) is 50.4. The first-order valence-corrected chi connectivity index (χ1v) is 32.7. The van der Waals surface area contributed by atoms with Crippen LogP contribution in [0.15, 0.2) is 0 Å². The molecule has 0 bridgehead atoms. The average Bonchev–Trinajstić information content (AvgIpc) is 3.42. The first-order valence-electron chi connectivity index (χ1n) is 32.7. The van der Waals surface area contributed by atoms with Gasteiger partial charge in [-0.3, -0.25) is 24.0 Å². The van der Waals surface area contributed by atoms with Crippen LogP contribution in [0.3, 0.4) is 0 Å². The smallest absolute Gasteiger partial charge is 0.306 e. The van der Waals surface area contributed by atoms with E-state index in [1.54, 1.807) is 0 Å². The summed E-state index contributed by atoms with van der Waals surface area (Å²) in [5.74, 6) is -1.22. The standard InChI is InChI=1S/C39H76N2O5.C25H50N2O4/c1-4-7-10-13-15-17-18-20-21-24-27-30-37(43)41-36(34-42)39(45)40-33-32-35(29-26-23-12-9-6-3)46-38(44)31-28-25-22-19-16-14-11-8-5-2;1-3-5-7-9-10-11-12-14-16-18-24(29)31-22(17-15-13-8-6-4-2)19-20-27-25(30)23(26)21-28/h35-36,42H,4-34H2,1-3H3,(H,40,45)(H,41,43);22-23,28H,3-21,26H2,1-2H3,(H,27,30)/t35-,36+;22-,23+/m11/s1. The van der Waals surface area contributed by atoms with E-state index in [1.807, 2.05) is 0 Å². The van der Waals surface area contributed by atoms with Crippen molar-refractivity contribution < 1.29 is 43.7 Å². The lowest BCUT2D eigenvalue weighted by molar-refractivity contribution is -0.151. The number of rotatable bonds is 57. The molecule has 0 unspecified atom stereocenters. The lowest BCUT2D eigenvalue weighted by Crippen LogP contribution is -2.49. The molecule has 0 aromatic rings. The van der Waals surface area contributed by atoms with Crippen molar-refractivity contribution in [2.24, 2.45) is 5.73 Å². The topological polar surface area (TPSA) is 206 Å². The van der Waals surface area contributed by atoms with Gasteiger partial charge in [0.2, 0.25) is 17.7 Å². The minimum absolute atomic E-state index is 0.125. The Labute approximate surface area is 473 Å². The molecule has 0 aromatic carbocycles. The van der Waals surface area contributed by atoms with E-state index in [-0.39, 0.29) is 42.6 Å². The first-order chi connectivity index (χ1) is 37.5. The second kappa shape index (κ2) is 60.9. The Morgan fingerprint density at radius 2 is 0.649 bits per heavy atom. The summed E-state index contributed by atoms with van der Waals surface area (Å²) >= 11 is 0. The molecule has 0 saturated carbocycles. The third-order valence-corrected chi connectivity index (χ3v) is 14.7. The fourth-order valence-electron chi connectivity index (χ4n) is 9.59. The Hall–Kier alpha value is -2.77. The van der Waals surface area contributed by atoms with Crippen LogP contribution in [0.5, 0.6) is 0 Å². The van der Waals surface area contributed by atoms with Crippen LogP contribution in [-0.4, -0.2) is 90.5 Å². The van der Waals surface area contributed by atoms with Gasteiger partial charge in [-0.2, -0.15) is 0 Å². The lowest BCUT2D eigenvalue weighted by atomic mass is 10.1. The molecule has 456 valence electrons. The second-order valence-corrected chi connectivity index (χ2v) is 22.3. The molecule has 7 N–H and O–H groups in total. The summed E-state index contributed by atoms with van der Waals surface area (Å²) in [4.78, 5) is 61.7. The minimum atomic E-state index is -0.957. The molecule has 0 aliphatic rings. The number of hydrogen-bond donors (Lipinski definition) is 6. The summed E-state index contributed by atoms with van der Waals surface area (Å²) in [6.45, 7) is 11.0. The van der Waals surface area contributed by atoms with E-state index in [0.29, 0.717) is 45.2 Å². The van der Waals surface area contributed by atoms with Crippen LogP contribution in [0.25, 0.3) is 0 Å². The fourth-order valence-corrected chi connectivity index (χ4v) is 9.59. The van der Waals surface area contributed by atoms with Gasteiger partial charge in [0.05, 0.1) is 13.2 Å². The maximum absolute atomic E-state index is 12.7. The van der Waals surface area contributed by atoms with Crippen molar-refractivity contribution >= 4 is 29.7 Å². The van der Waals surface area contributed by atoms with Gasteiger partial charge >= 0.3 is 11.9 Å². The molecule has 0 fully saturated rings. The molecule has 13 nitrogen and oxygen atoms in total. The van der Waals surface area contributed by atoms with E-state index in [9.17, 15) is 29.1 Å². The highest BCUT2D eigenvalue weighted by molar-refractivity contribution is 5.87. The Kier molecular flexibility index (Phi) is 60.3. The molecule has 0 saturated heterocycles. The maximum Gasteiger partial charge on any atom is 0.306 e. The molecule has 0 aromatic heterocycles. The van der Waals surface area contributed by atoms with E-state index in [0.717, 1.165) is 83.5 Å². The summed E-state index contributed by atoms with van der Waals surface area (Å²) in [6, 6.07) is -1.86. The number of carbonyl (C=O) groups is 5. The predicted molar refractivity (Wildman–Crippen MR) is 321 cm³/mol. The van der Waals surface area contributed by atoms with Crippen molar-refractivity contribution in [3.05, 3.63) is 0 Å². The maximum atomic E-state index is 12.7. The summed E-state index contributed by atoms with van der Waals surface area (Å²) in [5, 5.41) is 27.0. The van der Waals surface area contributed by atoms with Gasteiger partial charge in [0.1, 0.15) is 24.3 Å². The molecular formula is C64H126N4O9. The van der Waals surface area contributed by atoms with E-state index in [4.69, 9.17) is 20.3 Å². The largest absolute Gasteiger partial charge is 0.462 e. The number of esters is 2. The average molecular weight is 1100 g/mol. The van der Waals surface area contributed by atoms with E-state index < -0.39 is 24.6 Å². The fraction of sp³-hybridized carbons (Fsp3) is 0.922. The zero-order chi connectivity index (χ0) is 57.1. The van der Waals surface area contributed by atoms with Crippen molar-refractivity contribution in [1.82, 2.24) is 16.0 Å². The van der Waals surface area contributed by atoms with Crippen LogP contribution in [0.1, 0.15) is 330 Å².